The topological polar surface area (TPSA) is 29.9 Å². The van der Waals surface area contributed by atoms with Crippen LogP contribution in [-0.4, -0.2) is 22.9 Å². The molecule has 1 fully saturated rings. The third-order valence-corrected chi connectivity index (χ3v) is 1.79. The monoisotopic (exact) mass is 197 g/mol. The highest BCUT2D eigenvalue weighted by atomic mass is 15.2. The molecule has 0 spiro atoms. The number of nitrogens with one attached hydrogen (secondary N) is 1. The third-order valence-electron chi connectivity index (χ3n) is 1.79. The van der Waals surface area contributed by atoms with Gasteiger partial charge in [-0.1, -0.05) is 13.8 Å². The zero-order valence-corrected chi connectivity index (χ0v) is 9.88. The second kappa shape index (κ2) is 8.75. The summed E-state index contributed by atoms with van der Waals surface area (Å²) in [7, 11) is 1.91. The molecule has 0 amide bonds. The van der Waals surface area contributed by atoms with Gasteiger partial charge in [-0.15, -0.1) is 0 Å². The average Bonchev–Trinajstić information content (AvgIpc) is 2.84. The highest BCUT2D eigenvalue weighted by molar-refractivity contribution is 4.98. The molecular weight excluding hydrogens is 174 g/mol. The van der Waals surface area contributed by atoms with Crippen molar-refractivity contribution in [1.29, 1.82) is 0 Å². The van der Waals surface area contributed by atoms with Crippen molar-refractivity contribution in [2.75, 3.05) is 13.1 Å². The molecule has 2 rings (SSSR count). The quantitative estimate of drug-likeness (QED) is 0.690. The Labute approximate surface area is 87.5 Å². The van der Waals surface area contributed by atoms with E-state index in [0.29, 0.717) is 0 Å². The van der Waals surface area contributed by atoms with Crippen LogP contribution in [0.15, 0.2) is 12.4 Å². The van der Waals surface area contributed by atoms with Crippen LogP contribution >= 0.6 is 0 Å². The molecule has 1 saturated heterocycles. The normalized spacial score (nSPS) is 13.7. The molecule has 1 N–H and O–H groups in total. The van der Waals surface area contributed by atoms with Crippen LogP contribution in [0.1, 0.15) is 32.3 Å². The number of nitrogens with zero attached hydrogens (tertiary/aromatic N) is 2. The number of hydrogen-bond acceptors (Lipinski definition) is 2. The molecule has 0 aliphatic carbocycles. The Morgan fingerprint density at radius 3 is 2.00 bits per heavy atom. The van der Waals surface area contributed by atoms with E-state index in [0.717, 1.165) is 0 Å². The molecule has 1 aliphatic heterocycles. The number of rotatable bonds is 0. The highest BCUT2D eigenvalue weighted by Gasteiger charge is 1.93. The summed E-state index contributed by atoms with van der Waals surface area (Å²) in [5, 5.41) is 7.16. The van der Waals surface area contributed by atoms with Crippen molar-refractivity contribution in [3.8, 4) is 0 Å². The van der Waals surface area contributed by atoms with E-state index in [4.69, 9.17) is 0 Å². The summed E-state index contributed by atoms with van der Waals surface area (Å²) in [5.41, 5.74) is 1.21. The van der Waals surface area contributed by atoms with Gasteiger partial charge in [-0.05, 0) is 38.4 Å². The lowest BCUT2D eigenvalue weighted by atomic mass is 10.4. The molecule has 0 aromatic carbocycles. The summed E-state index contributed by atoms with van der Waals surface area (Å²) >= 11 is 0. The van der Waals surface area contributed by atoms with Gasteiger partial charge in [0.05, 0.1) is 6.20 Å². The first-order valence-electron chi connectivity index (χ1n) is 5.45. The van der Waals surface area contributed by atoms with E-state index in [1.165, 1.54) is 31.5 Å². The highest BCUT2D eigenvalue weighted by Crippen LogP contribution is 1.90. The fourth-order valence-electron chi connectivity index (χ4n) is 1.17. The standard InChI is InChI=1S/C5H8N2.C4H9N.C2H6/c1-5-3-6-7(2)4-5;1-2-4-5-3-1;1-2/h3-4H,1-2H3;5H,1-4H2;1-2H3. The maximum absolute atomic E-state index is 3.93. The van der Waals surface area contributed by atoms with Gasteiger partial charge in [0.25, 0.3) is 0 Å². The molecule has 1 aliphatic rings. The maximum Gasteiger partial charge on any atom is 0.0518 e. The predicted octanol–water partition coefficient (Wildman–Crippen LogP) is 2.12. The SMILES string of the molecule is C1CCNC1.CC.Cc1cnn(C)c1. The Morgan fingerprint density at radius 2 is 1.86 bits per heavy atom. The van der Waals surface area contributed by atoms with E-state index in [1.807, 2.05) is 40.2 Å². The zero-order chi connectivity index (χ0) is 10.8. The van der Waals surface area contributed by atoms with Crippen molar-refractivity contribution in [2.45, 2.75) is 33.6 Å². The van der Waals surface area contributed by atoms with Crippen LogP contribution < -0.4 is 5.32 Å². The molecule has 3 heteroatoms. The van der Waals surface area contributed by atoms with Crippen LogP contribution in [0.25, 0.3) is 0 Å². The van der Waals surface area contributed by atoms with Gasteiger partial charge >= 0.3 is 0 Å². The molecule has 0 saturated carbocycles. The number of aromatic nitrogens is 2. The summed E-state index contributed by atoms with van der Waals surface area (Å²) < 4.78 is 1.79. The Hall–Kier alpha value is -0.830. The van der Waals surface area contributed by atoms with Gasteiger partial charge in [0.1, 0.15) is 0 Å². The minimum atomic E-state index is 1.21. The van der Waals surface area contributed by atoms with Crippen LogP contribution in [0.2, 0.25) is 0 Å². The zero-order valence-electron chi connectivity index (χ0n) is 9.88. The molecule has 1 aromatic rings. The van der Waals surface area contributed by atoms with Crippen LogP contribution in [0.5, 0.6) is 0 Å². The van der Waals surface area contributed by atoms with Crippen molar-refractivity contribution in [1.82, 2.24) is 15.1 Å². The van der Waals surface area contributed by atoms with Crippen molar-refractivity contribution in [3.05, 3.63) is 18.0 Å². The lowest BCUT2D eigenvalue weighted by Gasteiger charge is -1.78. The molecule has 82 valence electrons. The number of aryl methyl sites for hydroxylation is 2. The molecule has 0 bridgehead atoms. The molecule has 1 aromatic heterocycles. The first-order chi connectivity index (χ1) is 6.79. The minimum Gasteiger partial charge on any atom is -0.317 e. The molecule has 14 heavy (non-hydrogen) atoms. The minimum absolute atomic E-state index is 1.21. The Bertz CT molecular complexity index is 190. The molecular formula is C11H23N3. The number of hydrogen-bond donors (Lipinski definition) is 1. The van der Waals surface area contributed by atoms with E-state index >= 15 is 0 Å². The van der Waals surface area contributed by atoms with E-state index in [9.17, 15) is 0 Å². The molecule has 0 radical (unpaired) electrons. The van der Waals surface area contributed by atoms with Crippen LogP contribution in [-0.2, 0) is 7.05 Å². The smallest absolute Gasteiger partial charge is 0.0518 e. The fourth-order valence-corrected chi connectivity index (χ4v) is 1.17. The maximum atomic E-state index is 3.93. The van der Waals surface area contributed by atoms with Crippen LogP contribution in [0, 0.1) is 6.92 Å². The lowest BCUT2D eigenvalue weighted by molar-refractivity contribution is 0.767. The van der Waals surface area contributed by atoms with Gasteiger partial charge < -0.3 is 5.32 Å². The summed E-state index contributed by atoms with van der Waals surface area (Å²) in [6.45, 7) is 8.52. The fraction of sp³-hybridized carbons (Fsp3) is 0.727. The van der Waals surface area contributed by atoms with E-state index in [2.05, 4.69) is 10.4 Å². The van der Waals surface area contributed by atoms with Crippen molar-refractivity contribution >= 4 is 0 Å². The molecule has 0 atom stereocenters. The first-order valence-corrected chi connectivity index (χ1v) is 5.45. The lowest BCUT2D eigenvalue weighted by Crippen LogP contribution is -2.03. The first kappa shape index (κ1) is 13.2. The second-order valence-corrected chi connectivity index (χ2v) is 3.15. The van der Waals surface area contributed by atoms with Gasteiger partial charge in [0, 0.05) is 13.2 Å². The predicted molar refractivity (Wildman–Crippen MR) is 61.4 cm³/mol. The van der Waals surface area contributed by atoms with E-state index < -0.39 is 0 Å². The van der Waals surface area contributed by atoms with Gasteiger partial charge in [-0.2, -0.15) is 5.10 Å². The van der Waals surface area contributed by atoms with Gasteiger partial charge in [0.2, 0.25) is 0 Å². The average molecular weight is 197 g/mol. The molecule has 3 nitrogen and oxygen atoms in total. The van der Waals surface area contributed by atoms with Crippen molar-refractivity contribution in [3.63, 3.8) is 0 Å². The Morgan fingerprint density at radius 1 is 1.29 bits per heavy atom. The van der Waals surface area contributed by atoms with E-state index in [1.54, 1.807) is 4.68 Å². The second-order valence-electron chi connectivity index (χ2n) is 3.15. The Kier molecular flexibility index (Phi) is 8.24. The van der Waals surface area contributed by atoms with Crippen LogP contribution in [0.3, 0.4) is 0 Å². The summed E-state index contributed by atoms with van der Waals surface area (Å²) in [6, 6.07) is 0. The molecule has 0 unspecified atom stereocenters. The van der Waals surface area contributed by atoms with Gasteiger partial charge in [-0.3, -0.25) is 4.68 Å². The third kappa shape index (κ3) is 6.66. The summed E-state index contributed by atoms with van der Waals surface area (Å²) in [6.07, 6.45) is 6.58. The van der Waals surface area contributed by atoms with Gasteiger partial charge in [0.15, 0.2) is 0 Å². The molecule has 2 heterocycles. The summed E-state index contributed by atoms with van der Waals surface area (Å²) in [5.74, 6) is 0. The largest absolute Gasteiger partial charge is 0.317 e. The van der Waals surface area contributed by atoms with Crippen molar-refractivity contribution in [2.24, 2.45) is 7.05 Å². The van der Waals surface area contributed by atoms with E-state index in [-0.39, 0.29) is 0 Å². The van der Waals surface area contributed by atoms with Gasteiger partial charge in [-0.25, -0.2) is 0 Å². The summed E-state index contributed by atoms with van der Waals surface area (Å²) in [4.78, 5) is 0. The van der Waals surface area contributed by atoms with Crippen LogP contribution in [0.4, 0.5) is 0 Å². The van der Waals surface area contributed by atoms with Crippen molar-refractivity contribution < 1.29 is 0 Å². The Balaban J connectivity index is 0.000000213.